The highest BCUT2D eigenvalue weighted by atomic mass is 19.4. The van der Waals surface area contributed by atoms with Gasteiger partial charge in [-0.25, -0.2) is 0 Å². The second-order valence-electron chi connectivity index (χ2n) is 3.67. The van der Waals surface area contributed by atoms with Crippen molar-refractivity contribution in [2.75, 3.05) is 26.2 Å². The monoisotopic (exact) mass is 240 g/mol. The summed E-state index contributed by atoms with van der Waals surface area (Å²) < 4.78 is 41.6. The van der Waals surface area contributed by atoms with Gasteiger partial charge in [-0.3, -0.25) is 4.79 Å². The van der Waals surface area contributed by atoms with Crippen LogP contribution < -0.4 is 5.73 Å². The maximum Gasteiger partial charge on any atom is 0.471 e. The van der Waals surface area contributed by atoms with Crippen molar-refractivity contribution < 1.29 is 22.7 Å². The average Bonchev–Trinajstić information content (AvgIpc) is 2.64. The van der Waals surface area contributed by atoms with Crippen molar-refractivity contribution in [1.29, 1.82) is 0 Å². The van der Waals surface area contributed by atoms with Crippen molar-refractivity contribution >= 4 is 5.91 Å². The Hall–Kier alpha value is -0.820. The van der Waals surface area contributed by atoms with Gasteiger partial charge in [0.05, 0.1) is 6.10 Å². The second-order valence-corrected chi connectivity index (χ2v) is 3.67. The molecule has 0 aromatic heterocycles. The molecule has 1 atom stereocenters. The molecular weight excluding hydrogens is 225 g/mol. The van der Waals surface area contributed by atoms with Gasteiger partial charge in [0.2, 0.25) is 0 Å². The van der Waals surface area contributed by atoms with Gasteiger partial charge in [0, 0.05) is 19.7 Å². The van der Waals surface area contributed by atoms with E-state index in [2.05, 4.69) is 0 Å². The molecule has 1 fully saturated rings. The standard InChI is InChI=1S/C9H15F3N2O2/c10-9(11,12)8(15)14-4-2-7(6-14)16-5-1-3-13/h7H,1-6,13H2. The number of nitrogens with zero attached hydrogens (tertiary/aromatic N) is 1. The molecule has 1 amide bonds. The number of carbonyl (C=O) groups is 1. The zero-order valence-corrected chi connectivity index (χ0v) is 8.79. The minimum absolute atomic E-state index is 0.0168. The average molecular weight is 240 g/mol. The molecule has 2 N–H and O–H groups in total. The molecule has 1 aliphatic rings. The van der Waals surface area contributed by atoms with Gasteiger partial charge in [0.25, 0.3) is 0 Å². The quantitative estimate of drug-likeness (QED) is 0.729. The molecule has 1 heterocycles. The lowest BCUT2D eigenvalue weighted by atomic mass is 10.3. The van der Waals surface area contributed by atoms with Gasteiger partial charge in [0.15, 0.2) is 0 Å². The summed E-state index contributed by atoms with van der Waals surface area (Å²) in [5.41, 5.74) is 5.25. The topological polar surface area (TPSA) is 55.6 Å². The van der Waals surface area contributed by atoms with E-state index in [9.17, 15) is 18.0 Å². The SMILES string of the molecule is NCCCOC1CCN(C(=O)C(F)(F)F)C1. The van der Waals surface area contributed by atoms with Crippen molar-refractivity contribution in [1.82, 2.24) is 4.90 Å². The number of nitrogens with two attached hydrogens (primary N) is 1. The molecule has 0 bridgehead atoms. The summed E-state index contributed by atoms with van der Waals surface area (Å²) in [5, 5.41) is 0. The molecule has 94 valence electrons. The Bertz CT molecular complexity index is 245. The summed E-state index contributed by atoms with van der Waals surface area (Å²) >= 11 is 0. The smallest absolute Gasteiger partial charge is 0.376 e. The van der Waals surface area contributed by atoms with E-state index in [1.807, 2.05) is 0 Å². The molecule has 4 nitrogen and oxygen atoms in total. The highest BCUT2D eigenvalue weighted by Gasteiger charge is 2.44. The van der Waals surface area contributed by atoms with Crippen LogP contribution in [-0.4, -0.2) is 49.3 Å². The number of amides is 1. The van der Waals surface area contributed by atoms with Crippen LogP contribution >= 0.6 is 0 Å². The lowest BCUT2D eigenvalue weighted by Gasteiger charge is -2.17. The van der Waals surface area contributed by atoms with E-state index < -0.39 is 12.1 Å². The Morgan fingerprint density at radius 1 is 1.50 bits per heavy atom. The van der Waals surface area contributed by atoms with E-state index in [-0.39, 0.29) is 19.2 Å². The third-order valence-corrected chi connectivity index (χ3v) is 2.38. The highest BCUT2D eigenvalue weighted by Crippen LogP contribution is 2.22. The molecule has 0 aromatic rings. The summed E-state index contributed by atoms with van der Waals surface area (Å²) in [5.74, 6) is -1.78. The summed E-state index contributed by atoms with van der Waals surface area (Å²) in [6, 6.07) is 0. The van der Waals surface area contributed by atoms with Crippen LogP contribution in [0.3, 0.4) is 0 Å². The van der Waals surface area contributed by atoms with Crippen molar-refractivity contribution in [2.45, 2.75) is 25.1 Å². The normalized spacial score (nSPS) is 21.5. The van der Waals surface area contributed by atoms with Crippen LogP contribution in [0.25, 0.3) is 0 Å². The molecule has 1 rings (SSSR count). The zero-order valence-electron chi connectivity index (χ0n) is 8.79. The minimum atomic E-state index is -4.79. The van der Waals surface area contributed by atoms with Gasteiger partial charge >= 0.3 is 12.1 Å². The van der Waals surface area contributed by atoms with Crippen molar-refractivity contribution in [3.63, 3.8) is 0 Å². The lowest BCUT2D eigenvalue weighted by molar-refractivity contribution is -0.184. The Kier molecular flexibility index (Phi) is 4.55. The first-order valence-corrected chi connectivity index (χ1v) is 5.13. The minimum Gasteiger partial charge on any atom is -0.376 e. The fraction of sp³-hybridized carbons (Fsp3) is 0.889. The van der Waals surface area contributed by atoms with Crippen molar-refractivity contribution in [2.24, 2.45) is 5.73 Å². The van der Waals surface area contributed by atoms with Crippen LogP contribution in [0.1, 0.15) is 12.8 Å². The van der Waals surface area contributed by atoms with Gasteiger partial charge in [0.1, 0.15) is 0 Å². The predicted octanol–water partition coefficient (Wildman–Crippen LogP) is 0.515. The Morgan fingerprint density at radius 3 is 2.75 bits per heavy atom. The summed E-state index contributed by atoms with van der Waals surface area (Å²) in [7, 11) is 0. The van der Waals surface area contributed by atoms with Gasteiger partial charge in [-0.15, -0.1) is 0 Å². The molecule has 0 radical (unpaired) electrons. The van der Waals surface area contributed by atoms with Crippen LogP contribution in [0.4, 0.5) is 13.2 Å². The molecule has 16 heavy (non-hydrogen) atoms. The largest absolute Gasteiger partial charge is 0.471 e. The maximum absolute atomic E-state index is 12.1. The number of hydrogen-bond acceptors (Lipinski definition) is 3. The van der Waals surface area contributed by atoms with E-state index in [1.54, 1.807) is 0 Å². The van der Waals surface area contributed by atoms with Crippen LogP contribution in [-0.2, 0) is 9.53 Å². The number of alkyl halides is 3. The third-order valence-electron chi connectivity index (χ3n) is 2.38. The number of halogens is 3. The fourth-order valence-corrected chi connectivity index (χ4v) is 1.56. The van der Waals surface area contributed by atoms with Crippen LogP contribution in [0.15, 0.2) is 0 Å². The highest BCUT2D eigenvalue weighted by molar-refractivity contribution is 5.82. The first-order chi connectivity index (χ1) is 7.45. The van der Waals surface area contributed by atoms with Crippen LogP contribution in [0.2, 0.25) is 0 Å². The van der Waals surface area contributed by atoms with Crippen LogP contribution in [0, 0.1) is 0 Å². The zero-order chi connectivity index (χ0) is 12.2. The van der Waals surface area contributed by atoms with E-state index in [0.717, 1.165) is 4.90 Å². The maximum atomic E-state index is 12.1. The number of rotatable bonds is 4. The molecule has 1 saturated heterocycles. The Balaban J connectivity index is 2.32. The number of hydrogen-bond donors (Lipinski definition) is 1. The van der Waals surface area contributed by atoms with Crippen molar-refractivity contribution in [3.05, 3.63) is 0 Å². The second kappa shape index (κ2) is 5.49. The molecule has 0 spiro atoms. The summed E-state index contributed by atoms with van der Waals surface area (Å²) in [6.07, 6.45) is -3.96. The first-order valence-electron chi connectivity index (χ1n) is 5.13. The van der Waals surface area contributed by atoms with Crippen LogP contribution in [0.5, 0.6) is 0 Å². The van der Waals surface area contributed by atoms with E-state index in [4.69, 9.17) is 10.5 Å². The van der Waals surface area contributed by atoms with Gasteiger partial charge < -0.3 is 15.4 Å². The van der Waals surface area contributed by atoms with Gasteiger partial charge in [-0.05, 0) is 19.4 Å². The lowest BCUT2D eigenvalue weighted by Crippen LogP contribution is -2.40. The fourth-order valence-electron chi connectivity index (χ4n) is 1.56. The van der Waals surface area contributed by atoms with Crippen molar-refractivity contribution in [3.8, 4) is 0 Å². The molecule has 1 unspecified atom stereocenters. The number of carbonyl (C=O) groups excluding carboxylic acids is 1. The Labute approximate surface area is 91.5 Å². The van der Waals surface area contributed by atoms with Gasteiger partial charge in [-0.2, -0.15) is 13.2 Å². The summed E-state index contributed by atoms with van der Waals surface area (Å²) in [4.78, 5) is 11.7. The molecule has 0 aromatic carbocycles. The van der Waals surface area contributed by atoms with E-state index in [0.29, 0.717) is 26.0 Å². The number of likely N-dealkylation sites (tertiary alicyclic amines) is 1. The molecule has 1 aliphatic heterocycles. The van der Waals surface area contributed by atoms with E-state index in [1.165, 1.54) is 0 Å². The first kappa shape index (κ1) is 13.2. The summed E-state index contributed by atoms with van der Waals surface area (Å²) in [6.45, 7) is 1.03. The Morgan fingerprint density at radius 2 is 2.19 bits per heavy atom. The molecule has 0 saturated carbocycles. The number of ether oxygens (including phenoxy) is 1. The molecule has 7 heteroatoms. The van der Waals surface area contributed by atoms with Gasteiger partial charge in [-0.1, -0.05) is 0 Å². The predicted molar refractivity (Wildman–Crippen MR) is 50.7 cm³/mol. The van der Waals surface area contributed by atoms with E-state index >= 15 is 0 Å². The third kappa shape index (κ3) is 3.64. The molecule has 0 aliphatic carbocycles. The molecular formula is C9H15F3N2O2.